The van der Waals surface area contributed by atoms with Crippen LogP contribution in [0.25, 0.3) is 0 Å². The Hall–Kier alpha value is -1.84. The number of carbonyl (C=O) groups is 2. The molecule has 0 aromatic heterocycles. The Balaban J connectivity index is 2.33. The second-order valence-electron chi connectivity index (χ2n) is 4.29. The maximum absolute atomic E-state index is 11.8. The zero-order chi connectivity index (χ0) is 12.4. The van der Waals surface area contributed by atoms with Crippen LogP contribution in [0.2, 0.25) is 0 Å². The van der Waals surface area contributed by atoms with Crippen molar-refractivity contribution < 1.29 is 9.59 Å². The van der Waals surface area contributed by atoms with E-state index in [4.69, 9.17) is 0 Å². The Kier molecular flexibility index (Phi) is 3.13. The molecule has 4 nitrogen and oxygen atoms in total. The zero-order valence-corrected chi connectivity index (χ0v) is 10.1. The number of nitrogens with one attached hydrogen (secondary N) is 1. The average molecular weight is 232 g/mol. The fourth-order valence-corrected chi connectivity index (χ4v) is 2.02. The highest BCUT2D eigenvalue weighted by Gasteiger charge is 2.30. The predicted molar refractivity (Wildman–Crippen MR) is 65.9 cm³/mol. The molecule has 90 valence electrons. The third kappa shape index (κ3) is 2.16. The lowest BCUT2D eigenvalue weighted by Gasteiger charge is -2.31. The van der Waals surface area contributed by atoms with Gasteiger partial charge in [0.25, 0.3) is 0 Å². The Morgan fingerprint density at radius 2 is 2.06 bits per heavy atom. The van der Waals surface area contributed by atoms with Crippen LogP contribution in [0.5, 0.6) is 0 Å². The van der Waals surface area contributed by atoms with Crippen LogP contribution >= 0.6 is 0 Å². The minimum atomic E-state index is -0.325. The molecule has 1 unspecified atom stereocenters. The van der Waals surface area contributed by atoms with Crippen LogP contribution in [0.3, 0.4) is 0 Å². The van der Waals surface area contributed by atoms with Gasteiger partial charge in [-0.1, -0.05) is 32.0 Å². The highest BCUT2D eigenvalue weighted by atomic mass is 16.2. The first kappa shape index (κ1) is 11.6. The summed E-state index contributed by atoms with van der Waals surface area (Å²) in [6, 6.07) is 7.46. The van der Waals surface area contributed by atoms with Crippen molar-refractivity contribution in [3.63, 3.8) is 0 Å². The van der Waals surface area contributed by atoms with Gasteiger partial charge in [0.2, 0.25) is 5.91 Å². The second-order valence-corrected chi connectivity index (χ2v) is 4.29. The molecule has 1 N–H and O–H groups in total. The number of rotatable bonds is 2. The summed E-state index contributed by atoms with van der Waals surface area (Å²) in [5, 5.41) is 2.38. The lowest BCUT2D eigenvalue weighted by Crippen LogP contribution is -2.54. The average Bonchev–Trinajstić information content (AvgIpc) is 2.34. The molecule has 1 atom stereocenters. The largest absolute Gasteiger partial charge is 0.328 e. The van der Waals surface area contributed by atoms with Gasteiger partial charge in [-0.05, 0) is 18.1 Å². The maximum atomic E-state index is 11.8. The van der Waals surface area contributed by atoms with E-state index >= 15 is 0 Å². The molecule has 0 bridgehead atoms. The number of amides is 3. The quantitative estimate of drug-likeness (QED) is 0.847. The van der Waals surface area contributed by atoms with E-state index in [9.17, 15) is 9.59 Å². The number of hydrogen-bond acceptors (Lipinski definition) is 2. The zero-order valence-electron chi connectivity index (χ0n) is 10.1. The number of carbonyl (C=O) groups excluding carboxylic acids is 2. The molecule has 2 rings (SSSR count). The number of para-hydroxylation sites is 1. The lowest BCUT2D eigenvalue weighted by molar-refractivity contribution is -0.123. The molecule has 3 amide bonds. The van der Waals surface area contributed by atoms with Crippen molar-refractivity contribution in [2.45, 2.75) is 20.3 Å². The van der Waals surface area contributed by atoms with Gasteiger partial charge in [-0.3, -0.25) is 15.0 Å². The molecule has 1 saturated heterocycles. The maximum Gasteiger partial charge on any atom is 0.328 e. The van der Waals surface area contributed by atoms with Crippen molar-refractivity contribution in [1.29, 1.82) is 0 Å². The van der Waals surface area contributed by atoms with Crippen LogP contribution < -0.4 is 10.2 Å². The SMILES string of the molecule is CCc1ccccc1N1CC(C)C(=O)NC1=O. The van der Waals surface area contributed by atoms with Crippen molar-refractivity contribution in [3.05, 3.63) is 29.8 Å². The van der Waals surface area contributed by atoms with Crippen LogP contribution in [-0.4, -0.2) is 18.5 Å². The molecule has 1 aromatic carbocycles. The van der Waals surface area contributed by atoms with Gasteiger partial charge in [-0.25, -0.2) is 4.79 Å². The van der Waals surface area contributed by atoms with Crippen LogP contribution in [0.1, 0.15) is 19.4 Å². The summed E-state index contributed by atoms with van der Waals surface area (Å²) in [7, 11) is 0. The summed E-state index contributed by atoms with van der Waals surface area (Å²) < 4.78 is 0. The molecule has 0 spiro atoms. The summed E-state index contributed by atoms with van der Waals surface area (Å²) >= 11 is 0. The number of hydrogen-bond donors (Lipinski definition) is 1. The van der Waals surface area contributed by atoms with E-state index in [-0.39, 0.29) is 17.9 Å². The Morgan fingerprint density at radius 1 is 1.35 bits per heavy atom. The summed E-state index contributed by atoms with van der Waals surface area (Å²) in [6.07, 6.45) is 0.863. The summed E-state index contributed by atoms with van der Waals surface area (Å²) in [4.78, 5) is 24.8. The summed E-state index contributed by atoms with van der Waals surface area (Å²) in [5.41, 5.74) is 2.01. The first-order valence-electron chi connectivity index (χ1n) is 5.83. The molecule has 4 heteroatoms. The van der Waals surface area contributed by atoms with E-state index in [0.29, 0.717) is 6.54 Å². The van der Waals surface area contributed by atoms with E-state index in [1.54, 1.807) is 4.90 Å². The Bertz CT molecular complexity index is 456. The van der Waals surface area contributed by atoms with Gasteiger partial charge in [0.05, 0.1) is 5.92 Å². The second kappa shape index (κ2) is 4.57. The van der Waals surface area contributed by atoms with Crippen LogP contribution in [-0.2, 0) is 11.2 Å². The fraction of sp³-hybridized carbons (Fsp3) is 0.385. The van der Waals surface area contributed by atoms with Crippen molar-refractivity contribution in [3.8, 4) is 0 Å². The molecule has 1 aliphatic rings. The molecule has 1 heterocycles. The highest BCUT2D eigenvalue weighted by Crippen LogP contribution is 2.23. The topological polar surface area (TPSA) is 49.4 Å². The Labute approximate surface area is 101 Å². The first-order chi connectivity index (χ1) is 8.13. The third-order valence-electron chi connectivity index (χ3n) is 3.04. The van der Waals surface area contributed by atoms with Gasteiger partial charge < -0.3 is 0 Å². The normalized spacial score (nSPS) is 20.4. The van der Waals surface area contributed by atoms with Crippen molar-refractivity contribution >= 4 is 17.6 Å². The molecule has 1 aliphatic heterocycles. The van der Waals surface area contributed by atoms with E-state index in [1.807, 2.05) is 31.2 Å². The van der Waals surface area contributed by atoms with Gasteiger partial charge in [0.1, 0.15) is 0 Å². The van der Waals surface area contributed by atoms with E-state index in [1.165, 1.54) is 0 Å². The third-order valence-corrected chi connectivity index (χ3v) is 3.04. The molecule has 0 radical (unpaired) electrons. The highest BCUT2D eigenvalue weighted by molar-refractivity contribution is 6.06. The van der Waals surface area contributed by atoms with E-state index in [0.717, 1.165) is 17.7 Å². The van der Waals surface area contributed by atoms with Gasteiger partial charge in [-0.15, -0.1) is 0 Å². The lowest BCUT2D eigenvalue weighted by atomic mass is 10.1. The van der Waals surface area contributed by atoms with Gasteiger partial charge in [0.15, 0.2) is 0 Å². The molecular formula is C13H16N2O2. The first-order valence-corrected chi connectivity index (χ1v) is 5.83. The smallest absolute Gasteiger partial charge is 0.293 e. The van der Waals surface area contributed by atoms with E-state index < -0.39 is 0 Å². The number of nitrogens with zero attached hydrogens (tertiary/aromatic N) is 1. The van der Waals surface area contributed by atoms with Crippen molar-refractivity contribution in [2.75, 3.05) is 11.4 Å². The van der Waals surface area contributed by atoms with Gasteiger partial charge >= 0.3 is 6.03 Å². The molecule has 0 saturated carbocycles. The number of imide groups is 1. The standard InChI is InChI=1S/C13H16N2O2/c1-3-10-6-4-5-7-11(10)15-8-9(2)12(16)14-13(15)17/h4-7,9H,3,8H2,1-2H3,(H,14,16,17). The van der Waals surface area contributed by atoms with E-state index in [2.05, 4.69) is 12.2 Å². The molecule has 1 aromatic rings. The summed E-state index contributed by atoms with van der Waals surface area (Å²) in [6.45, 7) is 4.32. The van der Waals surface area contributed by atoms with Crippen molar-refractivity contribution in [2.24, 2.45) is 5.92 Å². The van der Waals surface area contributed by atoms with Crippen LogP contribution in [0.15, 0.2) is 24.3 Å². The van der Waals surface area contributed by atoms with Crippen molar-refractivity contribution in [1.82, 2.24) is 5.32 Å². The predicted octanol–water partition coefficient (Wildman–Crippen LogP) is 1.94. The Morgan fingerprint density at radius 3 is 2.76 bits per heavy atom. The summed E-state index contributed by atoms with van der Waals surface area (Å²) in [5.74, 6) is -0.363. The molecule has 17 heavy (non-hydrogen) atoms. The van der Waals surface area contributed by atoms with Crippen LogP contribution in [0.4, 0.5) is 10.5 Å². The number of aryl methyl sites for hydroxylation is 1. The van der Waals surface area contributed by atoms with Gasteiger partial charge in [0, 0.05) is 12.2 Å². The number of benzene rings is 1. The monoisotopic (exact) mass is 232 g/mol. The minimum absolute atomic E-state index is 0.169. The number of anilines is 1. The minimum Gasteiger partial charge on any atom is -0.293 e. The van der Waals surface area contributed by atoms with Gasteiger partial charge in [-0.2, -0.15) is 0 Å². The molecular weight excluding hydrogens is 216 g/mol. The molecule has 0 aliphatic carbocycles. The van der Waals surface area contributed by atoms with Crippen LogP contribution in [0, 0.1) is 5.92 Å². The molecule has 1 fully saturated rings. The fourth-order valence-electron chi connectivity index (χ4n) is 2.02. The number of urea groups is 1.